The van der Waals surface area contributed by atoms with Crippen molar-refractivity contribution in [1.82, 2.24) is 4.90 Å². The van der Waals surface area contributed by atoms with Gasteiger partial charge in [-0.25, -0.2) is 4.39 Å². The molecule has 0 aliphatic carbocycles. The minimum Gasteiger partial charge on any atom is -0.372 e. The zero-order valence-corrected chi connectivity index (χ0v) is 15.4. The molecule has 25 heavy (non-hydrogen) atoms. The molecule has 0 aromatic heterocycles. The van der Waals surface area contributed by atoms with Crippen molar-refractivity contribution >= 4 is 23.4 Å². The Morgan fingerprint density at radius 2 is 1.92 bits per heavy atom. The van der Waals surface area contributed by atoms with Crippen molar-refractivity contribution in [3.8, 4) is 0 Å². The summed E-state index contributed by atoms with van der Waals surface area (Å²) in [7, 11) is 0. The molecule has 0 bridgehead atoms. The zero-order valence-electron chi connectivity index (χ0n) is 14.6. The molecule has 5 heteroatoms. The Morgan fingerprint density at radius 1 is 1.20 bits per heavy atom. The van der Waals surface area contributed by atoms with E-state index < -0.39 is 0 Å². The highest BCUT2D eigenvalue weighted by Crippen LogP contribution is 2.39. The van der Waals surface area contributed by atoms with Crippen molar-refractivity contribution in [3.63, 3.8) is 0 Å². The Hall–Kier alpha value is -2.01. The van der Waals surface area contributed by atoms with Gasteiger partial charge in [-0.2, -0.15) is 0 Å². The molecular formula is C20H23FN2OS. The van der Waals surface area contributed by atoms with E-state index in [0.717, 1.165) is 24.4 Å². The Morgan fingerprint density at radius 3 is 2.56 bits per heavy atom. The van der Waals surface area contributed by atoms with Crippen LogP contribution in [0.1, 0.15) is 35.1 Å². The Balaban J connectivity index is 1.80. The van der Waals surface area contributed by atoms with Crippen LogP contribution in [-0.2, 0) is 0 Å². The van der Waals surface area contributed by atoms with Crippen LogP contribution in [0.5, 0.6) is 0 Å². The van der Waals surface area contributed by atoms with E-state index in [-0.39, 0.29) is 17.1 Å². The molecule has 1 heterocycles. The molecule has 1 fully saturated rings. The third-order valence-corrected chi connectivity index (χ3v) is 5.79. The van der Waals surface area contributed by atoms with Crippen LogP contribution in [0.3, 0.4) is 0 Å². The van der Waals surface area contributed by atoms with Crippen molar-refractivity contribution < 1.29 is 9.18 Å². The van der Waals surface area contributed by atoms with Gasteiger partial charge in [0, 0.05) is 36.6 Å². The SMILES string of the molecule is CCN(CC)c1ccc(C2SCCN2C(=O)c2cccc(F)c2)cc1. The number of benzene rings is 2. The maximum absolute atomic E-state index is 13.4. The van der Waals surface area contributed by atoms with Crippen molar-refractivity contribution in [3.05, 3.63) is 65.5 Å². The van der Waals surface area contributed by atoms with Gasteiger partial charge >= 0.3 is 0 Å². The molecule has 1 unspecified atom stereocenters. The van der Waals surface area contributed by atoms with Crippen LogP contribution < -0.4 is 4.90 Å². The van der Waals surface area contributed by atoms with Gasteiger partial charge in [-0.05, 0) is 49.7 Å². The summed E-state index contributed by atoms with van der Waals surface area (Å²) in [6.07, 6.45) is 0. The average molecular weight is 358 g/mol. The van der Waals surface area contributed by atoms with Gasteiger partial charge in [-0.15, -0.1) is 11.8 Å². The predicted octanol–water partition coefficient (Wildman–Crippen LogP) is 4.56. The van der Waals surface area contributed by atoms with Gasteiger partial charge in [0.25, 0.3) is 5.91 Å². The smallest absolute Gasteiger partial charge is 0.255 e. The molecule has 1 aliphatic rings. The number of thioether (sulfide) groups is 1. The van der Waals surface area contributed by atoms with Gasteiger partial charge < -0.3 is 9.80 Å². The Kier molecular flexibility index (Phi) is 5.63. The Bertz CT molecular complexity index is 731. The van der Waals surface area contributed by atoms with Crippen LogP contribution in [0.2, 0.25) is 0 Å². The second kappa shape index (κ2) is 7.91. The van der Waals surface area contributed by atoms with Crippen LogP contribution in [0.4, 0.5) is 10.1 Å². The highest BCUT2D eigenvalue weighted by atomic mass is 32.2. The third-order valence-electron chi connectivity index (χ3n) is 4.53. The molecule has 3 rings (SSSR count). The summed E-state index contributed by atoms with van der Waals surface area (Å²) in [5, 5.41) is -0.0125. The lowest BCUT2D eigenvalue weighted by atomic mass is 10.1. The monoisotopic (exact) mass is 358 g/mol. The van der Waals surface area contributed by atoms with Gasteiger partial charge in [0.2, 0.25) is 0 Å². The number of amides is 1. The molecule has 2 aromatic carbocycles. The molecule has 1 saturated heterocycles. The van der Waals surface area contributed by atoms with Crippen LogP contribution in [0.25, 0.3) is 0 Å². The average Bonchev–Trinajstić information content (AvgIpc) is 3.12. The minimum absolute atomic E-state index is 0.0125. The molecule has 1 aliphatic heterocycles. The summed E-state index contributed by atoms with van der Waals surface area (Å²) in [5.74, 6) is 0.406. The molecule has 0 saturated carbocycles. The molecule has 0 radical (unpaired) electrons. The first-order valence-electron chi connectivity index (χ1n) is 8.67. The molecule has 0 N–H and O–H groups in total. The lowest BCUT2D eigenvalue weighted by Crippen LogP contribution is -2.30. The molecule has 1 atom stereocenters. The van der Waals surface area contributed by atoms with Gasteiger partial charge in [-0.3, -0.25) is 4.79 Å². The van der Waals surface area contributed by atoms with Gasteiger partial charge in [0.15, 0.2) is 0 Å². The maximum atomic E-state index is 13.4. The summed E-state index contributed by atoms with van der Waals surface area (Å²) in [5.41, 5.74) is 2.72. The molecule has 3 nitrogen and oxygen atoms in total. The van der Waals surface area contributed by atoms with Crippen LogP contribution in [0, 0.1) is 5.82 Å². The number of halogens is 1. The zero-order chi connectivity index (χ0) is 17.8. The maximum Gasteiger partial charge on any atom is 0.255 e. The lowest BCUT2D eigenvalue weighted by molar-refractivity contribution is 0.0760. The fraction of sp³-hybridized carbons (Fsp3) is 0.350. The number of hydrogen-bond donors (Lipinski definition) is 0. The standard InChI is InChI=1S/C20H23FN2OS/c1-3-22(4-2)18-10-8-15(9-11-18)20-23(12-13-25-20)19(24)16-6-5-7-17(21)14-16/h5-11,14,20H,3-4,12-13H2,1-2H3. The number of hydrogen-bond acceptors (Lipinski definition) is 3. The number of carbonyl (C=O) groups excluding carboxylic acids is 1. The van der Waals surface area contributed by atoms with E-state index in [1.54, 1.807) is 23.9 Å². The van der Waals surface area contributed by atoms with E-state index in [1.807, 2.05) is 4.90 Å². The molecular weight excluding hydrogens is 335 g/mol. The fourth-order valence-electron chi connectivity index (χ4n) is 3.18. The van der Waals surface area contributed by atoms with Crippen LogP contribution in [0.15, 0.2) is 48.5 Å². The number of rotatable bonds is 5. The summed E-state index contributed by atoms with van der Waals surface area (Å²) in [4.78, 5) is 16.9. The lowest BCUT2D eigenvalue weighted by Gasteiger charge is -2.26. The first-order chi connectivity index (χ1) is 12.1. The molecule has 132 valence electrons. The normalized spacial score (nSPS) is 16.9. The van der Waals surface area contributed by atoms with E-state index in [0.29, 0.717) is 12.1 Å². The Labute approximate surface area is 152 Å². The van der Waals surface area contributed by atoms with Crippen molar-refractivity contribution in [2.75, 3.05) is 30.3 Å². The molecule has 0 spiro atoms. The first-order valence-corrected chi connectivity index (χ1v) is 9.72. The summed E-state index contributed by atoms with van der Waals surface area (Å²) in [6.45, 7) is 6.91. The number of carbonyl (C=O) groups is 1. The van der Waals surface area contributed by atoms with E-state index in [9.17, 15) is 9.18 Å². The van der Waals surface area contributed by atoms with Crippen molar-refractivity contribution in [1.29, 1.82) is 0 Å². The third kappa shape index (κ3) is 3.82. The number of nitrogens with zero attached hydrogens (tertiary/aromatic N) is 2. The van der Waals surface area contributed by atoms with Gasteiger partial charge in [0.05, 0.1) is 0 Å². The van der Waals surface area contributed by atoms with E-state index in [4.69, 9.17) is 0 Å². The summed E-state index contributed by atoms with van der Waals surface area (Å²) in [6, 6.07) is 14.4. The van der Waals surface area contributed by atoms with E-state index in [1.165, 1.54) is 17.8 Å². The largest absolute Gasteiger partial charge is 0.372 e. The van der Waals surface area contributed by atoms with Crippen LogP contribution >= 0.6 is 11.8 Å². The van der Waals surface area contributed by atoms with Gasteiger partial charge in [-0.1, -0.05) is 18.2 Å². The van der Waals surface area contributed by atoms with E-state index >= 15 is 0 Å². The summed E-state index contributed by atoms with van der Waals surface area (Å²) < 4.78 is 13.4. The topological polar surface area (TPSA) is 23.6 Å². The molecule has 2 aromatic rings. The van der Waals surface area contributed by atoms with Gasteiger partial charge in [0.1, 0.15) is 11.2 Å². The van der Waals surface area contributed by atoms with Crippen molar-refractivity contribution in [2.45, 2.75) is 19.2 Å². The van der Waals surface area contributed by atoms with Crippen LogP contribution in [-0.4, -0.2) is 36.2 Å². The van der Waals surface area contributed by atoms with E-state index in [2.05, 4.69) is 43.0 Å². The number of anilines is 1. The minimum atomic E-state index is -0.377. The fourth-order valence-corrected chi connectivity index (χ4v) is 4.44. The highest BCUT2D eigenvalue weighted by molar-refractivity contribution is 7.99. The molecule has 1 amide bonds. The summed E-state index contributed by atoms with van der Waals surface area (Å²) >= 11 is 1.75. The first kappa shape index (κ1) is 17.8. The quantitative estimate of drug-likeness (QED) is 0.783. The second-order valence-corrected chi connectivity index (χ2v) is 7.18. The van der Waals surface area contributed by atoms with Crippen molar-refractivity contribution in [2.24, 2.45) is 0 Å². The predicted molar refractivity (Wildman–Crippen MR) is 103 cm³/mol. The highest BCUT2D eigenvalue weighted by Gasteiger charge is 2.31. The second-order valence-electron chi connectivity index (χ2n) is 6.00.